The number of fused-ring (bicyclic) bond motifs is 1. The molecule has 0 aliphatic carbocycles. The molecule has 0 radical (unpaired) electrons. The number of alkyl halides is 3. The lowest BCUT2D eigenvalue weighted by Gasteiger charge is -2.12. The molecule has 0 spiro atoms. The van der Waals surface area contributed by atoms with Crippen LogP contribution in [0.25, 0.3) is 5.65 Å². The van der Waals surface area contributed by atoms with E-state index >= 15 is 0 Å². The van der Waals surface area contributed by atoms with Gasteiger partial charge in [-0.05, 0) is 36.0 Å². The molecule has 1 aromatic carbocycles. The van der Waals surface area contributed by atoms with Gasteiger partial charge in [-0.1, -0.05) is 18.2 Å². The molecular weight excluding hydrogens is 355 g/mol. The molecule has 2 amide bonds. The van der Waals surface area contributed by atoms with Gasteiger partial charge in [0.05, 0.1) is 12.2 Å². The lowest BCUT2D eigenvalue weighted by Crippen LogP contribution is -2.29. The highest BCUT2D eigenvalue weighted by atomic mass is 32.2. The number of carbonyl (C=O) groups is 1. The smallest absolute Gasteiger partial charge is 0.331 e. The molecular formula is C15H12F3N5OS. The first-order chi connectivity index (χ1) is 11.9. The summed E-state index contributed by atoms with van der Waals surface area (Å²) in [4.78, 5) is 11.9. The maximum absolute atomic E-state index is 12.6. The predicted molar refractivity (Wildman–Crippen MR) is 87.2 cm³/mol. The molecule has 3 aromatic rings. The summed E-state index contributed by atoms with van der Waals surface area (Å²) in [5, 5.41) is 12.9. The number of pyridine rings is 1. The van der Waals surface area contributed by atoms with E-state index in [4.69, 9.17) is 0 Å². The highest BCUT2D eigenvalue weighted by molar-refractivity contribution is 8.00. The fraction of sp³-hybridized carbons (Fsp3) is 0.133. The molecule has 0 aliphatic rings. The van der Waals surface area contributed by atoms with Crippen molar-refractivity contribution in [3.05, 3.63) is 54.5 Å². The molecule has 25 heavy (non-hydrogen) atoms. The number of hydrogen-bond donors (Lipinski definition) is 2. The molecule has 2 N–H and O–H groups in total. The van der Waals surface area contributed by atoms with Crippen molar-refractivity contribution in [2.24, 2.45) is 0 Å². The largest absolute Gasteiger partial charge is 0.446 e. The molecule has 0 unspecified atom stereocenters. The van der Waals surface area contributed by atoms with Crippen LogP contribution in [-0.2, 0) is 6.54 Å². The normalized spacial score (nSPS) is 11.5. The number of aromatic nitrogens is 3. The van der Waals surface area contributed by atoms with Gasteiger partial charge in [-0.25, -0.2) is 4.79 Å². The van der Waals surface area contributed by atoms with E-state index in [0.29, 0.717) is 11.5 Å². The van der Waals surface area contributed by atoms with Gasteiger partial charge in [-0.3, -0.25) is 4.40 Å². The number of carbonyl (C=O) groups excluding carboxylic acids is 1. The minimum absolute atomic E-state index is 0.0750. The molecule has 0 bridgehead atoms. The van der Waals surface area contributed by atoms with Crippen LogP contribution in [0.5, 0.6) is 0 Å². The van der Waals surface area contributed by atoms with Crippen molar-refractivity contribution < 1.29 is 18.0 Å². The van der Waals surface area contributed by atoms with E-state index in [9.17, 15) is 18.0 Å². The first-order valence-corrected chi connectivity index (χ1v) is 7.92. The zero-order valence-corrected chi connectivity index (χ0v) is 13.4. The Bertz CT molecular complexity index is 896. The number of para-hydroxylation sites is 1. The van der Waals surface area contributed by atoms with Gasteiger partial charge in [0.2, 0.25) is 0 Å². The first kappa shape index (κ1) is 17.1. The Kier molecular flexibility index (Phi) is 4.79. The summed E-state index contributed by atoms with van der Waals surface area (Å²) in [6.07, 6.45) is 1.75. The van der Waals surface area contributed by atoms with Crippen LogP contribution in [-0.4, -0.2) is 26.1 Å². The summed E-state index contributed by atoms with van der Waals surface area (Å²) in [5.74, 6) is 0.503. The second kappa shape index (κ2) is 7.01. The number of halogens is 3. The quantitative estimate of drug-likeness (QED) is 0.691. The van der Waals surface area contributed by atoms with E-state index in [1.54, 1.807) is 28.8 Å². The molecule has 2 aromatic heterocycles. The van der Waals surface area contributed by atoms with Crippen LogP contribution in [0.4, 0.5) is 23.7 Å². The van der Waals surface area contributed by atoms with E-state index in [-0.39, 0.29) is 28.9 Å². The number of nitrogens with zero attached hydrogens (tertiary/aromatic N) is 3. The van der Waals surface area contributed by atoms with Gasteiger partial charge in [-0.2, -0.15) is 13.2 Å². The van der Waals surface area contributed by atoms with E-state index in [1.807, 2.05) is 6.07 Å². The summed E-state index contributed by atoms with van der Waals surface area (Å²) in [5.41, 5.74) is -3.73. The summed E-state index contributed by atoms with van der Waals surface area (Å²) >= 11 is -0.282. The third-order valence-electron chi connectivity index (χ3n) is 3.15. The zero-order chi connectivity index (χ0) is 17.9. The van der Waals surface area contributed by atoms with Crippen molar-refractivity contribution in [1.29, 1.82) is 0 Å². The molecule has 0 fully saturated rings. The van der Waals surface area contributed by atoms with E-state index < -0.39 is 11.5 Å². The maximum atomic E-state index is 12.6. The standard InChI is InChI=1S/C15H12F3N5OS/c16-15(17,18)25-11-6-2-1-5-10(11)20-14(24)19-9-13-22-21-12-7-3-4-8-23(12)13/h1-8H,9H2,(H2,19,20,24). The molecule has 0 saturated heterocycles. The number of hydrogen-bond acceptors (Lipinski definition) is 4. The Balaban J connectivity index is 1.65. The Hall–Kier alpha value is -2.75. The van der Waals surface area contributed by atoms with Crippen LogP contribution in [0, 0.1) is 0 Å². The van der Waals surface area contributed by atoms with Gasteiger partial charge in [-0.15, -0.1) is 10.2 Å². The topological polar surface area (TPSA) is 71.3 Å². The van der Waals surface area contributed by atoms with E-state index in [0.717, 1.165) is 0 Å². The maximum Gasteiger partial charge on any atom is 0.446 e. The summed E-state index contributed by atoms with van der Waals surface area (Å²) in [6.45, 7) is 0.0750. The Morgan fingerprint density at radius 1 is 1.12 bits per heavy atom. The first-order valence-electron chi connectivity index (χ1n) is 7.11. The van der Waals surface area contributed by atoms with Gasteiger partial charge >= 0.3 is 11.5 Å². The van der Waals surface area contributed by atoms with Crippen molar-refractivity contribution in [2.75, 3.05) is 5.32 Å². The number of amides is 2. The minimum Gasteiger partial charge on any atom is -0.331 e. The van der Waals surface area contributed by atoms with Gasteiger partial charge in [0.25, 0.3) is 0 Å². The average Bonchev–Trinajstić information content (AvgIpc) is 2.97. The number of benzene rings is 1. The molecule has 130 valence electrons. The van der Waals surface area contributed by atoms with Crippen molar-refractivity contribution in [2.45, 2.75) is 16.9 Å². The van der Waals surface area contributed by atoms with Crippen molar-refractivity contribution >= 4 is 29.1 Å². The molecule has 2 heterocycles. The number of rotatable bonds is 4. The lowest BCUT2D eigenvalue weighted by molar-refractivity contribution is -0.0328. The second-order valence-electron chi connectivity index (χ2n) is 4.90. The number of thioether (sulfide) groups is 1. The van der Waals surface area contributed by atoms with Crippen LogP contribution in [0.2, 0.25) is 0 Å². The number of urea groups is 1. The zero-order valence-electron chi connectivity index (χ0n) is 12.6. The van der Waals surface area contributed by atoms with Crippen molar-refractivity contribution in [1.82, 2.24) is 19.9 Å². The molecule has 0 aliphatic heterocycles. The third-order valence-corrected chi connectivity index (χ3v) is 3.96. The van der Waals surface area contributed by atoms with E-state index in [2.05, 4.69) is 20.8 Å². The molecule has 6 nitrogen and oxygen atoms in total. The Morgan fingerprint density at radius 3 is 2.68 bits per heavy atom. The molecule has 0 saturated carbocycles. The van der Waals surface area contributed by atoms with Crippen LogP contribution >= 0.6 is 11.8 Å². The monoisotopic (exact) mass is 367 g/mol. The molecule has 10 heteroatoms. The summed E-state index contributed by atoms with van der Waals surface area (Å²) in [7, 11) is 0. The SMILES string of the molecule is O=C(NCc1nnc2ccccn12)Nc1ccccc1SC(F)(F)F. The summed E-state index contributed by atoms with van der Waals surface area (Å²) in [6, 6.07) is 10.4. The Labute approximate surface area is 144 Å². The number of nitrogens with one attached hydrogen (secondary N) is 2. The average molecular weight is 367 g/mol. The van der Waals surface area contributed by atoms with Gasteiger partial charge in [0.15, 0.2) is 11.5 Å². The lowest BCUT2D eigenvalue weighted by atomic mass is 10.3. The minimum atomic E-state index is -4.44. The van der Waals surface area contributed by atoms with E-state index in [1.165, 1.54) is 18.2 Å². The Morgan fingerprint density at radius 2 is 1.88 bits per heavy atom. The highest BCUT2D eigenvalue weighted by Crippen LogP contribution is 2.40. The molecule has 0 atom stereocenters. The third kappa shape index (κ3) is 4.41. The van der Waals surface area contributed by atoms with Crippen molar-refractivity contribution in [3.63, 3.8) is 0 Å². The van der Waals surface area contributed by atoms with Gasteiger partial charge in [0, 0.05) is 11.1 Å². The molecule has 3 rings (SSSR count). The second-order valence-corrected chi connectivity index (χ2v) is 6.00. The van der Waals surface area contributed by atoms with Crippen LogP contribution < -0.4 is 10.6 Å². The van der Waals surface area contributed by atoms with Gasteiger partial charge in [0.1, 0.15) is 0 Å². The summed E-state index contributed by atoms with van der Waals surface area (Å²) < 4.78 is 39.4. The van der Waals surface area contributed by atoms with Crippen LogP contribution in [0.15, 0.2) is 53.6 Å². The van der Waals surface area contributed by atoms with Crippen LogP contribution in [0.1, 0.15) is 5.82 Å². The highest BCUT2D eigenvalue weighted by Gasteiger charge is 2.30. The number of anilines is 1. The van der Waals surface area contributed by atoms with Gasteiger partial charge < -0.3 is 10.6 Å². The van der Waals surface area contributed by atoms with Crippen LogP contribution in [0.3, 0.4) is 0 Å². The van der Waals surface area contributed by atoms with Crippen molar-refractivity contribution in [3.8, 4) is 0 Å². The fourth-order valence-corrected chi connectivity index (χ4v) is 2.75. The predicted octanol–water partition coefficient (Wildman–Crippen LogP) is 3.66. The fourth-order valence-electron chi connectivity index (χ4n) is 2.12.